The van der Waals surface area contributed by atoms with E-state index in [0.29, 0.717) is 27.0 Å². The minimum absolute atomic E-state index is 0.314. The molecule has 0 saturated carbocycles. The summed E-state index contributed by atoms with van der Waals surface area (Å²) in [5.41, 5.74) is 5.45. The van der Waals surface area contributed by atoms with Crippen molar-refractivity contribution in [2.45, 2.75) is 13.8 Å². The number of nitrogens with one attached hydrogen (secondary N) is 2. The van der Waals surface area contributed by atoms with E-state index < -0.39 is 17.8 Å². The van der Waals surface area contributed by atoms with E-state index in [1.165, 1.54) is 6.21 Å². The Balaban J connectivity index is 1.60. The maximum Gasteiger partial charge on any atom is 0.344 e. The van der Waals surface area contributed by atoms with Crippen LogP contribution in [0, 0.1) is 13.8 Å². The highest BCUT2D eigenvalue weighted by Gasteiger charge is 2.15. The van der Waals surface area contributed by atoms with Crippen LogP contribution in [-0.2, 0) is 9.59 Å². The smallest absolute Gasteiger partial charge is 0.344 e. The van der Waals surface area contributed by atoms with Crippen LogP contribution in [0.1, 0.15) is 27.0 Å². The van der Waals surface area contributed by atoms with Crippen molar-refractivity contribution in [1.82, 2.24) is 5.43 Å². The number of nitrogens with zero attached hydrogens (tertiary/aromatic N) is 1. The lowest BCUT2D eigenvalue weighted by atomic mass is 10.1. The number of halogens is 1. The van der Waals surface area contributed by atoms with Crippen LogP contribution in [0.25, 0.3) is 0 Å². The summed E-state index contributed by atoms with van der Waals surface area (Å²) < 4.78 is 6.02. The van der Waals surface area contributed by atoms with E-state index in [-0.39, 0.29) is 0 Å². The van der Waals surface area contributed by atoms with Gasteiger partial charge in [0, 0.05) is 10.2 Å². The number of hydrazone groups is 1. The molecule has 162 valence electrons. The fourth-order valence-corrected chi connectivity index (χ4v) is 3.29. The zero-order valence-corrected chi connectivity index (χ0v) is 19.0. The van der Waals surface area contributed by atoms with Crippen LogP contribution in [0.2, 0.25) is 0 Å². The maximum absolute atomic E-state index is 12.3. The van der Waals surface area contributed by atoms with Crippen LogP contribution in [0.15, 0.2) is 76.3 Å². The third-order valence-electron chi connectivity index (χ3n) is 4.47. The third kappa shape index (κ3) is 5.89. The number of para-hydroxylation sites is 1. The molecule has 3 aromatic carbocycles. The fourth-order valence-electron chi connectivity index (χ4n) is 2.85. The number of anilines is 1. The molecule has 2 amide bonds. The van der Waals surface area contributed by atoms with E-state index in [0.717, 1.165) is 11.1 Å². The Morgan fingerprint density at radius 3 is 2.31 bits per heavy atom. The maximum atomic E-state index is 12.3. The normalized spacial score (nSPS) is 10.6. The molecular formula is C24H20BrN3O4. The lowest BCUT2D eigenvalue weighted by Crippen LogP contribution is -2.32. The van der Waals surface area contributed by atoms with E-state index in [1.807, 2.05) is 32.0 Å². The van der Waals surface area contributed by atoms with Gasteiger partial charge in [-0.3, -0.25) is 9.59 Å². The lowest BCUT2D eigenvalue weighted by molar-refractivity contribution is -0.136. The first-order valence-corrected chi connectivity index (χ1v) is 10.4. The summed E-state index contributed by atoms with van der Waals surface area (Å²) in [6.07, 6.45) is 1.35. The van der Waals surface area contributed by atoms with Gasteiger partial charge in [0.05, 0.1) is 11.8 Å². The number of hydrogen-bond acceptors (Lipinski definition) is 5. The van der Waals surface area contributed by atoms with Crippen molar-refractivity contribution < 1.29 is 19.1 Å². The standard InChI is InChI=1S/C24H20BrN3O4/c1-15-7-5-8-16(2)21(15)27-22(29)23(30)28-26-14-17-9-6-10-18(13-17)32-24(31)19-11-3-4-12-20(19)25/h3-14H,1-2H3,(H,27,29)(H,28,30)/b26-14+. The van der Waals surface area contributed by atoms with Gasteiger partial charge in [-0.05, 0) is 70.7 Å². The fraction of sp³-hybridized carbons (Fsp3) is 0.0833. The number of amides is 2. The van der Waals surface area contributed by atoms with Crippen molar-refractivity contribution in [3.63, 3.8) is 0 Å². The monoisotopic (exact) mass is 493 g/mol. The Kier molecular flexibility index (Phi) is 7.51. The van der Waals surface area contributed by atoms with Gasteiger partial charge in [-0.25, -0.2) is 10.2 Å². The number of ether oxygens (including phenoxy) is 1. The quantitative estimate of drug-likeness (QED) is 0.181. The lowest BCUT2D eigenvalue weighted by Gasteiger charge is -2.10. The number of benzene rings is 3. The Morgan fingerprint density at radius 1 is 0.906 bits per heavy atom. The number of carbonyl (C=O) groups is 3. The number of carbonyl (C=O) groups excluding carboxylic acids is 3. The largest absolute Gasteiger partial charge is 0.423 e. The topological polar surface area (TPSA) is 96.9 Å². The molecule has 32 heavy (non-hydrogen) atoms. The first kappa shape index (κ1) is 22.9. The Bertz CT molecular complexity index is 1190. The average Bonchev–Trinajstić information content (AvgIpc) is 2.76. The van der Waals surface area contributed by atoms with Crippen molar-refractivity contribution in [3.8, 4) is 5.75 Å². The van der Waals surface area contributed by atoms with E-state index in [2.05, 4.69) is 31.8 Å². The Hall–Kier alpha value is -3.78. The number of hydrogen-bond donors (Lipinski definition) is 2. The molecule has 0 saturated heterocycles. The van der Waals surface area contributed by atoms with Gasteiger partial charge in [-0.15, -0.1) is 0 Å². The SMILES string of the molecule is Cc1cccc(C)c1NC(=O)C(=O)N/N=C/c1cccc(OC(=O)c2ccccc2Br)c1. The summed E-state index contributed by atoms with van der Waals surface area (Å²) >= 11 is 3.32. The predicted octanol–water partition coefficient (Wildman–Crippen LogP) is 4.37. The van der Waals surface area contributed by atoms with Gasteiger partial charge in [0.2, 0.25) is 0 Å². The highest BCUT2D eigenvalue weighted by molar-refractivity contribution is 9.10. The van der Waals surface area contributed by atoms with Crippen LogP contribution >= 0.6 is 15.9 Å². The molecular weight excluding hydrogens is 474 g/mol. The molecule has 2 N–H and O–H groups in total. The highest BCUT2D eigenvalue weighted by atomic mass is 79.9. The summed E-state index contributed by atoms with van der Waals surface area (Å²) in [5, 5.41) is 6.40. The molecule has 0 fully saturated rings. The second-order valence-electron chi connectivity index (χ2n) is 6.86. The second kappa shape index (κ2) is 10.5. The predicted molar refractivity (Wildman–Crippen MR) is 126 cm³/mol. The number of aryl methyl sites for hydroxylation is 2. The minimum Gasteiger partial charge on any atom is -0.423 e. The number of esters is 1. The van der Waals surface area contributed by atoms with Gasteiger partial charge in [-0.2, -0.15) is 5.10 Å². The molecule has 0 aliphatic heterocycles. The van der Waals surface area contributed by atoms with Crippen molar-refractivity contribution in [2.24, 2.45) is 5.10 Å². The summed E-state index contributed by atoms with van der Waals surface area (Å²) in [6.45, 7) is 3.68. The third-order valence-corrected chi connectivity index (χ3v) is 5.16. The molecule has 0 spiro atoms. The number of rotatable bonds is 5. The van der Waals surface area contributed by atoms with Crippen molar-refractivity contribution >= 4 is 45.6 Å². The zero-order chi connectivity index (χ0) is 23.1. The summed E-state index contributed by atoms with van der Waals surface area (Å²) in [6, 6.07) is 19.1. The first-order valence-electron chi connectivity index (χ1n) is 9.62. The van der Waals surface area contributed by atoms with Crippen LogP contribution in [0.5, 0.6) is 5.75 Å². The van der Waals surface area contributed by atoms with Gasteiger partial charge in [0.15, 0.2) is 0 Å². The molecule has 0 unspecified atom stereocenters. The molecule has 0 aliphatic rings. The molecule has 8 heteroatoms. The van der Waals surface area contributed by atoms with Crippen molar-refractivity contribution in [1.29, 1.82) is 0 Å². The molecule has 7 nitrogen and oxygen atoms in total. The van der Waals surface area contributed by atoms with Gasteiger partial charge in [-0.1, -0.05) is 42.5 Å². The Labute approximate surface area is 193 Å². The Morgan fingerprint density at radius 2 is 1.59 bits per heavy atom. The van der Waals surface area contributed by atoms with Crippen LogP contribution in [0.4, 0.5) is 5.69 Å². The molecule has 3 rings (SSSR count). The van der Waals surface area contributed by atoms with E-state index in [1.54, 1.807) is 48.5 Å². The first-order chi connectivity index (χ1) is 15.3. The highest BCUT2D eigenvalue weighted by Crippen LogP contribution is 2.20. The van der Waals surface area contributed by atoms with Crippen molar-refractivity contribution in [3.05, 3.63) is 93.5 Å². The van der Waals surface area contributed by atoms with E-state index >= 15 is 0 Å². The minimum atomic E-state index is -0.902. The summed E-state index contributed by atoms with van der Waals surface area (Å²) in [5.74, 6) is -1.92. The molecule has 3 aromatic rings. The van der Waals surface area contributed by atoms with E-state index in [9.17, 15) is 14.4 Å². The summed E-state index contributed by atoms with van der Waals surface area (Å²) in [4.78, 5) is 36.5. The van der Waals surface area contributed by atoms with E-state index in [4.69, 9.17) is 4.74 Å². The average molecular weight is 494 g/mol. The second-order valence-corrected chi connectivity index (χ2v) is 7.72. The summed E-state index contributed by atoms with van der Waals surface area (Å²) in [7, 11) is 0. The molecule has 0 heterocycles. The van der Waals surface area contributed by atoms with Crippen molar-refractivity contribution in [2.75, 3.05) is 5.32 Å². The van der Waals surface area contributed by atoms with Gasteiger partial charge in [0.25, 0.3) is 0 Å². The van der Waals surface area contributed by atoms with Crippen LogP contribution in [0.3, 0.4) is 0 Å². The molecule has 0 bridgehead atoms. The van der Waals surface area contributed by atoms with Gasteiger partial charge in [0.1, 0.15) is 5.75 Å². The molecule has 0 aliphatic carbocycles. The molecule has 0 atom stereocenters. The van der Waals surface area contributed by atoms with Gasteiger partial charge >= 0.3 is 17.8 Å². The van der Waals surface area contributed by atoms with Gasteiger partial charge < -0.3 is 10.1 Å². The molecule has 0 radical (unpaired) electrons. The molecule has 0 aromatic heterocycles. The van der Waals surface area contributed by atoms with Crippen LogP contribution < -0.4 is 15.5 Å². The zero-order valence-electron chi connectivity index (χ0n) is 17.4. The van der Waals surface area contributed by atoms with Crippen LogP contribution in [-0.4, -0.2) is 24.0 Å².